The Kier molecular flexibility index (Phi) is 7.12. The molecule has 1 aliphatic heterocycles. The molecule has 2 amide bonds. The molecule has 1 aliphatic rings. The van der Waals surface area contributed by atoms with E-state index in [2.05, 4.69) is 46.7 Å². The van der Waals surface area contributed by atoms with Gasteiger partial charge in [-0.2, -0.15) is 0 Å². The average Bonchev–Trinajstić information content (AvgIpc) is 2.73. The number of benzene rings is 2. The number of rotatable bonds is 6. The quantitative estimate of drug-likeness (QED) is 0.783. The van der Waals surface area contributed by atoms with E-state index in [1.54, 1.807) is 0 Å². The Morgan fingerprint density at radius 2 is 1.93 bits per heavy atom. The van der Waals surface area contributed by atoms with E-state index in [0.717, 1.165) is 30.0 Å². The van der Waals surface area contributed by atoms with Gasteiger partial charge in [0.25, 0.3) is 0 Å². The van der Waals surface area contributed by atoms with Crippen LogP contribution in [0, 0.1) is 6.92 Å². The van der Waals surface area contributed by atoms with Gasteiger partial charge in [-0.3, -0.25) is 4.90 Å². The van der Waals surface area contributed by atoms with Crippen LogP contribution in [-0.2, 0) is 4.74 Å². The van der Waals surface area contributed by atoms with Crippen LogP contribution in [0.15, 0.2) is 48.5 Å². The van der Waals surface area contributed by atoms with Gasteiger partial charge >= 0.3 is 6.03 Å². The fourth-order valence-electron chi connectivity index (χ4n) is 3.99. The lowest BCUT2D eigenvalue weighted by atomic mass is 9.98. The van der Waals surface area contributed by atoms with Gasteiger partial charge in [0.15, 0.2) is 0 Å². The van der Waals surface area contributed by atoms with Crippen molar-refractivity contribution >= 4 is 17.4 Å². The summed E-state index contributed by atoms with van der Waals surface area (Å²) in [6.07, 6.45) is -0.0916. The maximum absolute atomic E-state index is 12.6. The molecule has 0 spiro atoms. The second-order valence-corrected chi connectivity index (χ2v) is 7.57. The second-order valence-electron chi connectivity index (χ2n) is 7.57. The summed E-state index contributed by atoms with van der Waals surface area (Å²) >= 11 is 0. The Bertz CT molecular complexity index is 810. The van der Waals surface area contributed by atoms with Gasteiger partial charge in [0.2, 0.25) is 0 Å². The third-order valence-corrected chi connectivity index (χ3v) is 5.50. The van der Waals surface area contributed by atoms with Crippen LogP contribution in [0.3, 0.4) is 0 Å². The van der Waals surface area contributed by atoms with Gasteiger partial charge in [-0.15, -0.1) is 0 Å². The molecule has 2 aromatic rings. The molecule has 6 nitrogen and oxygen atoms in total. The van der Waals surface area contributed by atoms with E-state index in [1.165, 1.54) is 5.56 Å². The fraction of sp³-hybridized carbons (Fsp3) is 0.435. The fourth-order valence-corrected chi connectivity index (χ4v) is 3.99. The van der Waals surface area contributed by atoms with Gasteiger partial charge < -0.3 is 20.3 Å². The number of nitrogens with zero attached hydrogens (tertiary/aromatic N) is 2. The number of ether oxygens (including phenoxy) is 1. The monoisotopic (exact) mass is 396 g/mol. The van der Waals surface area contributed by atoms with Crippen molar-refractivity contribution in [3.05, 3.63) is 59.7 Å². The van der Waals surface area contributed by atoms with E-state index in [-0.39, 0.29) is 18.2 Å². The molecule has 29 heavy (non-hydrogen) atoms. The summed E-state index contributed by atoms with van der Waals surface area (Å²) in [5, 5.41) is 5.98. The summed E-state index contributed by atoms with van der Waals surface area (Å²) in [4.78, 5) is 17.0. The van der Waals surface area contributed by atoms with Crippen LogP contribution >= 0.6 is 0 Å². The molecule has 0 aromatic heterocycles. The molecule has 0 aliphatic carbocycles. The zero-order valence-corrected chi connectivity index (χ0v) is 17.8. The zero-order chi connectivity index (χ0) is 20.8. The van der Waals surface area contributed by atoms with Crippen LogP contribution in [0.5, 0.6) is 0 Å². The number of anilines is 2. The molecular formula is C23H32N4O2. The standard InChI is InChI=1S/C23H32N4O2/c1-5-27-14-15-29-21(22(27)18-10-7-6-8-11-18)16-24-23(28)25-19-12-9-13-20(17(19)2)26(3)4/h6-13,21-22H,5,14-16H2,1-4H3,(H2,24,25,28)/t21-,22-/m0/s1. The predicted molar refractivity (Wildman–Crippen MR) is 119 cm³/mol. The highest BCUT2D eigenvalue weighted by Crippen LogP contribution is 2.29. The molecule has 1 fully saturated rings. The Balaban J connectivity index is 1.66. The molecule has 2 aromatic carbocycles. The number of hydrogen-bond donors (Lipinski definition) is 2. The lowest BCUT2D eigenvalue weighted by Gasteiger charge is -2.41. The first kappa shape index (κ1) is 21.1. The lowest BCUT2D eigenvalue weighted by Crippen LogP contribution is -2.50. The molecule has 3 rings (SSSR count). The summed E-state index contributed by atoms with van der Waals surface area (Å²) in [5.74, 6) is 0. The minimum absolute atomic E-state index is 0.0916. The average molecular weight is 397 g/mol. The molecule has 0 unspecified atom stereocenters. The number of amides is 2. The molecule has 0 bridgehead atoms. The molecule has 6 heteroatoms. The molecule has 2 atom stereocenters. The summed E-state index contributed by atoms with van der Waals surface area (Å²) in [6, 6.07) is 16.2. The van der Waals surface area contributed by atoms with Gasteiger partial charge in [0, 0.05) is 38.6 Å². The maximum atomic E-state index is 12.6. The number of hydrogen-bond acceptors (Lipinski definition) is 4. The summed E-state index contributed by atoms with van der Waals surface area (Å²) in [7, 11) is 3.99. The van der Waals surface area contributed by atoms with E-state index < -0.39 is 0 Å². The van der Waals surface area contributed by atoms with E-state index in [0.29, 0.717) is 13.2 Å². The molecule has 1 saturated heterocycles. The van der Waals surface area contributed by atoms with Gasteiger partial charge in [0.05, 0.1) is 18.8 Å². The molecule has 2 N–H and O–H groups in total. The van der Waals surface area contributed by atoms with Crippen molar-refractivity contribution in [2.45, 2.75) is 26.0 Å². The molecule has 0 saturated carbocycles. The van der Waals surface area contributed by atoms with Crippen molar-refractivity contribution < 1.29 is 9.53 Å². The number of likely N-dealkylation sites (N-methyl/N-ethyl adjacent to an activating group) is 1. The predicted octanol–water partition coefficient (Wildman–Crippen LogP) is 3.64. The lowest BCUT2D eigenvalue weighted by molar-refractivity contribution is -0.0680. The van der Waals surface area contributed by atoms with Crippen LogP contribution in [0.4, 0.5) is 16.2 Å². The molecule has 0 radical (unpaired) electrons. The van der Waals surface area contributed by atoms with Gasteiger partial charge in [0.1, 0.15) is 0 Å². The van der Waals surface area contributed by atoms with Gasteiger partial charge in [-0.25, -0.2) is 4.79 Å². The highest BCUT2D eigenvalue weighted by molar-refractivity contribution is 5.91. The highest BCUT2D eigenvalue weighted by Gasteiger charge is 2.32. The van der Waals surface area contributed by atoms with Crippen molar-refractivity contribution in [2.24, 2.45) is 0 Å². The van der Waals surface area contributed by atoms with E-state index in [1.807, 2.05) is 50.2 Å². The number of carbonyl (C=O) groups excluding carboxylic acids is 1. The first-order chi connectivity index (χ1) is 14.0. The van der Waals surface area contributed by atoms with E-state index in [9.17, 15) is 4.79 Å². The summed E-state index contributed by atoms with van der Waals surface area (Å²) in [6.45, 7) is 7.15. The van der Waals surface area contributed by atoms with Crippen molar-refractivity contribution in [1.29, 1.82) is 0 Å². The SMILES string of the molecule is CCN1CCO[C@@H](CNC(=O)Nc2cccc(N(C)C)c2C)[C@@H]1c1ccccc1. The molecular weight excluding hydrogens is 364 g/mol. The second kappa shape index (κ2) is 9.76. The minimum atomic E-state index is -0.215. The Hall–Kier alpha value is -2.57. The van der Waals surface area contributed by atoms with E-state index >= 15 is 0 Å². The number of morpholine rings is 1. The first-order valence-electron chi connectivity index (χ1n) is 10.2. The van der Waals surface area contributed by atoms with Crippen molar-refractivity contribution in [3.8, 4) is 0 Å². The maximum Gasteiger partial charge on any atom is 0.319 e. The normalized spacial score (nSPS) is 19.6. The van der Waals surface area contributed by atoms with Crippen LogP contribution in [0.25, 0.3) is 0 Å². The van der Waals surface area contributed by atoms with E-state index in [4.69, 9.17) is 4.74 Å². The highest BCUT2D eigenvalue weighted by atomic mass is 16.5. The topological polar surface area (TPSA) is 56.8 Å². The van der Waals surface area contributed by atoms with Crippen molar-refractivity contribution in [3.63, 3.8) is 0 Å². The van der Waals surface area contributed by atoms with Crippen molar-refractivity contribution in [2.75, 3.05) is 50.6 Å². The molecule has 1 heterocycles. The minimum Gasteiger partial charge on any atom is -0.377 e. The molecule has 156 valence electrons. The van der Waals surface area contributed by atoms with Crippen LogP contribution in [0.1, 0.15) is 24.1 Å². The van der Waals surface area contributed by atoms with Crippen LogP contribution < -0.4 is 15.5 Å². The summed E-state index contributed by atoms with van der Waals surface area (Å²) < 4.78 is 6.06. The summed E-state index contributed by atoms with van der Waals surface area (Å²) in [5.41, 5.74) is 4.16. The smallest absolute Gasteiger partial charge is 0.319 e. The number of nitrogens with one attached hydrogen (secondary N) is 2. The van der Waals surface area contributed by atoms with Crippen LogP contribution in [-0.4, -0.2) is 57.4 Å². The third kappa shape index (κ3) is 5.08. The number of carbonyl (C=O) groups is 1. The largest absolute Gasteiger partial charge is 0.377 e. The van der Waals surface area contributed by atoms with Gasteiger partial charge in [-0.05, 0) is 36.7 Å². The van der Waals surface area contributed by atoms with Crippen LogP contribution in [0.2, 0.25) is 0 Å². The zero-order valence-electron chi connectivity index (χ0n) is 17.8. The Labute approximate surface area is 173 Å². The number of urea groups is 1. The Morgan fingerprint density at radius 1 is 1.17 bits per heavy atom. The Morgan fingerprint density at radius 3 is 2.62 bits per heavy atom. The third-order valence-electron chi connectivity index (χ3n) is 5.50. The first-order valence-corrected chi connectivity index (χ1v) is 10.2. The van der Waals surface area contributed by atoms with Gasteiger partial charge in [-0.1, -0.05) is 43.3 Å². The van der Waals surface area contributed by atoms with Crippen molar-refractivity contribution in [1.82, 2.24) is 10.2 Å².